The molecule has 2 heterocycles. The minimum Gasteiger partial charge on any atom is -0.434 e. The van der Waals surface area contributed by atoms with Crippen molar-refractivity contribution >= 4 is 27.6 Å². The van der Waals surface area contributed by atoms with Crippen LogP contribution in [-0.2, 0) is 6.54 Å². The van der Waals surface area contributed by atoms with Crippen LogP contribution in [-0.4, -0.2) is 40.9 Å². The molecule has 2 aromatic rings. The second kappa shape index (κ2) is 9.27. The quantitative estimate of drug-likeness (QED) is 0.679. The van der Waals surface area contributed by atoms with E-state index in [1.54, 1.807) is 18.2 Å². The third-order valence-electron chi connectivity index (χ3n) is 4.48. The molecule has 27 heavy (non-hydrogen) atoms. The fourth-order valence-corrected chi connectivity index (χ4v) is 3.58. The second-order valence-corrected chi connectivity index (χ2v) is 7.19. The van der Waals surface area contributed by atoms with Gasteiger partial charge in [0.05, 0.1) is 12.6 Å². The Morgan fingerprint density at radius 1 is 1.30 bits per heavy atom. The molecular formula is C18H21BrF2N4O2. The van der Waals surface area contributed by atoms with E-state index in [0.717, 1.165) is 36.1 Å². The molecule has 9 heteroatoms. The molecule has 0 radical (unpaired) electrons. The lowest BCUT2D eigenvalue weighted by atomic mass is 10.0. The SMILES string of the molecule is OCC1CCCCN1c1cc(NCc2cc(Br)ccc2OC(F)F)ncn1. The maximum atomic E-state index is 12.6. The minimum atomic E-state index is -2.88. The zero-order valence-corrected chi connectivity index (χ0v) is 16.2. The van der Waals surface area contributed by atoms with Crippen LogP contribution in [0.15, 0.2) is 35.1 Å². The van der Waals surface area contributed by atoms with E-state index in [0.29, 0.717) is 11.4 Å². The van der Waals surface area contributed by atoms with Gasteiger partial charge in [0.15, 0.2) is 0 Å². The van der Waals surface area contributed by atoms with Gasteiger partial charge in [0, 0.05) is 29.2 Å². The number of nitrogens with one attached hydrogen (secondary N) is 1. The number of alkyl halides is 2. The zero-order chi connectivity index (χ0) is 19.2. The summed E-state index contributed by atoms with van der Waals surface area (Å²) in [7, 11) is 0. The number of hydrogen-bond donors (Lipinski definition) is 2. The van der Waals surface area contributed by atoms with Gasteiger partial charge in [-0.3, -0.25) is 0 Å². The molecule has 0 spiro atoms. The van der Waals surface area contributed by atoms with Gasteiger partial charge in [0.1, 0.15) is 23.7 Å². The van der Waals surface area contributed by atoms with Crippen LogP contribution in [0.2, 0.25) is 0 Å². The molecule has 0 amide bonds. The Labute approximate surface area is 164 Å². The van der Waals surface area contributed by atoms with Crippen LogP contribution in [0.3, 0.4) is 0 Å². The Balaban J connectivity index is 1.73. The average molecular weight is 443 g/mol. The number of hydrogen-bond acceptors (Lipinski definition) is 6. The highest BCUT2D eigenvalue weighted by Gasteiger charge is 2.23. The Morgan fingerprint density at radius 2 is 2.15 bits per heavy atom. The van der Waals surface area contributed by atoms with Crippen molar-refractivity contribution in [3.8, 4) is 5.75 Å². The monoisotopic (exact) mass is 442 g/mol. The summed E-state index contributed by atoms with van der Waals surface area (Å²) in [4.78, 5) is 10.6. The molecule has 1 aromatic heterocycles. The van der Waals surface area contributed by atoms with Crippen molar-refractivity contribution < 1.29 is 18.6 Å². The van der Waals surface area contributed by atoms with Crippen LogP contribution in [0.25, 0.3) is 0 Å². The van der Waals surface area contributed by atoms with Gasteiger partial charge in [0.2, 0.25) is 0 Å². The first-order valence-electron chi connectivity index (χ1n) is 8.73. The van der Waals surface area contributed by atoms with E-state index in [1.807, 2.05) is 0 Å². The normalized spacial score (nSPS) is 17.2. The number of aliphatic hydroxyl groups excluding tert-OH is 1. The fourth-order valence-electron chi connectivity index (χ4n) is 3.18. The summed E-state index contributed by atoms with van der Waals surface area (Å²) in [5.41, 5.74) is 0.580. The standard InChI is InChI=1S/C18H21BrF2N4O2/c19-13-4-5-15(27-18(20)21)12(7-13)9-22-16-8-17(24-11-23-16)25-6-2-1-3-14(25)10-26/h4-5,7-8,11,14,18,26H,1-3,6,9-10H2,(H,22,23,24). The molecule has 3 rings (SSSR count). The van der Waals surface area contributed by atoms with Crippen LogP contribution < -0.4 is 15.0 Å². The first kappa shape index (κ1) is 19.8. The molecule has 1 aliphatic rings. The lowest BCUT2D eigenvalue weighted by Crippen LogP contribution is -2.42. The number of piperidine rings is 1. The van der Waals surface area contributed by atoms with E-state index in [1.165, 1.54) is 12.4 Å². The second-order valence-electron chi connectivity index (χ2n) is 6.27. The molecule has 1 unspecified atom stereocenters. The third kappa shape index (κ3) is 5.26. The molecule has 2 N–H and O–H groups in total. The lowest BCUT2D eigenvalue weighted by molar-refractivity contribution is -0.0504. The molecule has 1 aromatic carbocycles. The van der Waals surface area contributed by atoms with Gasteiger partial charge in [-0.25, -0.2) is 9.97 Å². The van der Waals surface area contributed by atoms with E-state index in [9.17, 15) is 13.9 Å². The maximum absolute atomic E-state index is 12.6. The predicted octanol–water partition coefficient (Wildman–Crippen LogP) is 3.80. The van der Waals surface area contributed by atoms with Crippen molar-refractivity contribution in [1.82, 2.24) is 9.97 Å². The number of rotatable bonds is 7. The van der Waals surface area contributed by atoms with Crippen LogP contribution in [0.5, 0.6) is 5.75 Å². The molecule has 6 nitrogen and oxygen atoms in total. The number of halogens is 3. The summed E-state index contributed by atoms with van der Waals surface area (Å²) in [6, 6.07) is 6.73. The van der Waals surface area contributed by atoms with E-state index >= 15 is 0 Å². The van der Waals surface area contributed by atoms with Crippen molar-refractivity contribution in [3.63, 3.8) is 0 Å². The van der Waals surface area contributed by atoms with Crippen LogP contribution in [0, 0.1) is 0 Å². The van der Waals surface area contributed by atoms with Gasteiger partial charge >= 0.3 is 6.61 Å². The van der Waals surface area contributed by atoms with Gasteiger partial charge in [-0.15, -0.1) is 0 Å². The van der Waals surface area contributed by atoms with Crippen molar-refractivity contribution in [2.75, 3.05) is 23.4 Å². The number of aromatic nitrogens is 2. The zero-order valence-electron chi connectivity index (χ0n) is 14.6. The van der Waals surface area contributed by atoms with Gasteiger partial charge < -0.3 is 20.1 Å². The summed E-state index contributed by atoms with van der Waals surface area (Å²) < 4.78 is 30.5. The molecule has 1 atom stereocenters. The Kier molecular flexibility index (Phi) is 6.78. The lowest BCUT2D eigenvalue weighted by Gasteiger charge is -2.35. The Hall–Kier alpha value is -2.00. The van der Waals surface area contributed by atoms with Crippen molar-refractivity contribution in [2.24, 2.45) is 0 Å². The van der Waals surface area contributed by atoms with E-state index in [-0.39, 0.29) is 24.9 Å². The van der Waals surface area contributed by atoms with E-state index in [4.69, 9.17) is 0 Å². The first-order valence-corrected chi connectivity index (χ1v) is 9.53. The molecule has 0 aliphatic carbocycles. The van der Waals surface area contributed by atoms with E-state index < -0.39 is 6.61 Å². The highest BCUT2D eigenvalue weighted by molar-refractivity contribution is 9.10. The number of ether oxygens (including phenoxy) is 1. The Bertz CT molecular complexity index is 766. The van der Waals surface area contributed by atoms with Gasteiger partial charge in [0.25, 0.3) is 0 Å². The third-order valence-corrected chi connectivity index (χ3v) is 4.98. The molecule has 1 saturated heterocycles. The van der Waals surface area contributed by atoms with Crippen LogP contribution in [0.1, 0.15) is 24.8 Å². The van der Waals surface area contributed by atoms with E-state index in [2.05, 4.69) is 40.9 Å². The van der Waals surface area contributed by atoms with Crippen LogP contribution >= 0.6 is 15.9 Å². The summed E-state index contributed by atoms with van der Waals surface area (Å²) in [6.45, 7) is -1.70. The van der Waals surface area contributed by atoms with Crippen LogP contribution in [0.4, 0.5) is 20.4 Å². The molecule has 0 bridgehead atoms. The van der Waals surface area contributed by atoms with Crippen molar-refractivity contribution in [3.05, 3.63) is 40.6 Å². The van der Waals surface area contributed by atoms with Crippen molar-refractivity contribution in [2.45, 2.75) is 38.5 Å². The molecule has 1 fully saturated rings. The number of anilines is 2. The highest BCUT2D eigenvalue weighted by Crippen LogP contribution is 2.27. The number of benzene rings is 1. The Morgan fingerprint density at radius 3 is 2.93 bits per heavy atom. The topological polar surface area (TPSA) is 70.5 Å². The van der Waals surface area contributed by atoms with Gasteiger partial charge in [-0.2, -0.15) is 8.78 Å². The largest absolute Gasteiger partial charge is 0.434 e. The first-order chi connectivity index (χ1) is 13.1. The smallest absolute Gasteiger partial charge is 0.387 e. The van der Waals surface area contributed by atoms with Crippen molar-refractivity contribution in [1.29, 1.82) is 0 Å². The minimum absolute atomic E-state index is 0.0534. The summed E-state index contributed by atoms with van der Waals surface area (Å²) in [6.07, 6.45) is 4.52. The average Bonchev–Trinajstić information content (AvgIpc) is 2.68. The predicted molar refractivity (Wildman–Crippen MR) is 102 cm³/mol. The maximum Gasteiger partial charge on any atom is 0.387 e. The number of aliphatic hydroxyl groups is 1. The summed E-state index contributed by atoms with van der Waals surface area (Å²) in [5, 5.41) is 12.7. The summed E-state index contributed by atoms with van der Waals surface area (Å²) >= 11 is 3.34. The summed E-state index contributed by atoms with van der Waals surface area (Å²) in [5.74, 6) is 1.43. The van der Waals surface area contributed by atoms with Gasteiger partial charge in [-0.1, -0.05) is 15.9 Å². The highest BCUT2D eigenvalue weighted by atomic mass is 79.9. The molecular weight excluding hydrogens is 422 g/mol. The fraction of sp³-hybridized carbons (Fsp3) is 0.444. The molecule has 1 aliphatic heterocycles. The number of nitrogens with zero attached hydrogens (tertiary/aromatic N) is 3. The molecule has 146 valence electrons. The molecule has 0 saturated carbocycles. The van der Waals surface area contributed by atoms with Gasteiger partial charge in [-0.05, 0) is 37.5 Å².